The molecule has 21 heavy (non-hydrogen) atoms. The van der Waals surface area contributed by atoms with E-state index < -0.39 is 0 Å². The Labute approximate surface area is 126 Å². The Kier molecular flexibility index (Phi) is 3.58. The SMILES string of the molecule is COc1ccc(O)c(C=Nc2ccc3nc(C)sc3c2)c1. The summed E-state index contributed by atoms with van der Waals surface area (Å²) < 4.78 is 6.25. The molecule has 3 aromatic rings. The van der Waals surface area contributed by atoms with Gasteiger partial charge in [-0.1, -0.05) is 0 Å². The smallest absolute Gasteiger partial charge is 0.124 e. The quantitative estimate of drug-likeness (QED) is 0.742. The molecular weight excluding hydrogens is 284 g/mol. The average molecular weight is 298 g/mol. The number of hydrogen-bond donors (Lipinski definition) is 1. The zero-order valence-electron chi connectivity index (χ0n) is 11.7. The van der Waals surface area contributed by atoms with Gasteiger partial charge in [-0.25, -0.2) is 4.98 Å². The molecule has 0 fully saturated rings. The number of aromatic nitrogens is 1. The van der Waals surface area contributed by atoms with E-state index in [2.05, 4.69) is 9.98 Å². The van der Waals surface area contributed by atoms with Gasteiger partial charge in [0.1, 0.15) is 11.5 Å². The molecule has 0 aliphatic carbocycles. The second-order valence-electron chi connectivity index (χ2n) is 4.57. The van der Waals surface area contributed by atoms with E-state index in [4.69, 9.17) is 4.74 Å². The fourth-order valence-electron chi connectivity index (χ4n) is 2.02. The van der Waals surface area contributed by atoms with Crippen LogP contribution in [0.3, 0.4) is 0 Å². The molecule has 1 N–H and O–H groups in total. The summed E-state index contributed by atoms with van der Waals surface area (Å²) in [6.45, 7) is 1.99. The van der Waals surface area contributed by atoms with E-state index in [0.29, 0.717) is 11.3 Å². The van der Waals surface area contributed by atoms with Crippen LogP contribution in [0.15, 0.2) is 41.4 Å². The maximum absolute atomic E-state index is 9.83. The van der Waals surface area contributed by atoms with Crippen LogP contribution in [-0.4, -0.2) is 23.4 Å². The highest BCUT2D eigenvalue weighted by Crippen LogP contribution is 2.27. The fraction of sp³-hybridized carbons (Fsp3) is 0.125. The molecule has 3 rings (SSSR count). The Hall–Kier alpha value is -2.40. The van der Waals surface area contributed by atoms with Crippen LogP contribution in [0.2, 0.25) is 0 Å². The summed E-state index contributed by atoms with van der Waals surface area (Å²) in [6.07, 6.45) is 1.63. The monoisotopic (exact) mass is 298 g/mol. The molecule has 5 heteroatoms. The molecule has 4 nitrogen and oxygen atoms in total. The predicted molar refractivity (Wildman–Crippen MR) is 86.3 cm³/mol. The van der Waals surface area contributed by atoms with Gasteiger partial charge < -0.3 is 9.84 Å². The minimum atomic E-state index is 0.175. The summed E-state index contributed by atoms with van der Waals surface area (Å²) in [5.41, 5.74) is 2.43. The van der Waals surface area contributed by atoms with Crippen molar-refractivity contribution in [2.75, 3.05) is 7.11 Å². The number of methoxy groups -OCH3 is 1. The molecule has 0 saturated heterocycles. The predicted octanol–water partition coefficient (Wildman–Crippen LogP) is 4.07. The number of benzene rings is 2. The first-order valence-electron chi connectivity index (χ1n) is 6.44. The van der Waals surface area contributed by atoms with Crippen LogP contribution in [0, 0.1) is 6.92 Å². The molecule has 1 aromatic heterocycles. The summed E-state index contributed by atoms with van der Waals surface area (Å²) in [4.78, 5) is 8.83. The molecule has 0 saturated carbocycles. The van der Waals surface area contributed by atoms with Gasteiger partial charge in [-0.2, -0.15) is 0 Å². The molecular formula is C16H14N2O2S. The molecule has 1 heterocycles. The molecule has 0 unspecified atom stereocenters. The number of nitrogens with zero attached hydrogens (tertiary/aromatic N) is 2. The molecule has 2 aromatic carbocycles. The third kappa shape index (κ3) is 2.87. The first-order chi connectivity index (χ1) is 10.2. The zero-order valence-corrected chi connectivity index (χ0v) is 12.5. The highest BCUT2D eigenvalue weighted by atomic mass is 32.1. The number of phenolic OH excluding ortho intramolecular Hbond substituents is 1. The van der Waals surface area contributed by atoms with Crippen molar-refractivity contribution < 1.29 is 9.84 Å². The lowest BCUT2D eigenvalue weighted by Crippen LogP contribution is -1.87. The lowest BCUT2D eigenvalue weighted by molar-refractivity contribution is 0.412. The summed E-state index contributed by atoms with van der Waals surface area (Å²) in [5, 5.41) is 10.9. The molecule has 106 valence electrons. The summed E-state index contributed by atoms with van der Waals surface area (Å²) in [7, 11) is 1.59. The standard InChI is InChI=1S/C16H14N2O2S/c1-10-18-14-5-3-12(8-16(14)21-10)17-9-11-7-13(20-2)4-6-15(11)19/h3-9,19H,1-2H3. The second-order valence-corrected chi connectivity index (χ2v) is 5.80. The van der Waals surface area contributed by atoms with Crippen molar-refractivity contribution in [2.24, 2.45) is 4.99 Å². The van der Waals surface area contributed by atoms with Gasteiger partial charge in [0.25, 0.3) is 0 Å². The van der Waals surface area contributed by atoms with Crippen LogP contribution in [0.1, 0.15) is 10.6 Å². The number of hydrogen-bond acceptors (Lipinski definition) is 5. The van der Waals surface area contributed by atoms with Crippen molar-refractivity contribution >= 4 is 33.5 Å². The van der Waals surface area contributed by atoms with Crippen molar-refractivity contribution in [3.8, 4) is 11.5 Å². The minimum Gasteiger partial charge on any atom is -0.507 e. The van der Waals surface area contributed by atoms with Gasteiger partial charge in [-0.05, 0) is 43.3 Å². The average Bonchev–Trinajstić information content (AvgIpc) is 2.85. The number of aliphatic imine (C=N–C) groups is 1. The Morgan fingerprint density at radius 2 is 2.10 bits per heavy atom. The lowest BCUT2D eigenvalue weighted by atomic mass is 10.2. The number of rotatable bonds is 3. The van der Waals surface area contributed by atoms with Crippen molar-refractivity contribution in [2.45, 2.75) is 6.92 Å². The lowest BCUT2D eigenvalue weighted by Gasteiger charge is -2.02. The van der Waals surface area contributed by atoms with Gasteiger partial charge >= 0.3 is 0 Å². The molecule has 0 aliphatic rings. The van der Waals surface area contributed by atoms with E-state index in [9.17, 15) is 5.11 Å². The Balaban J connectivity index is 1.93. The van der Waals surface area contributed by atoms with Crippen molar-refractivity contribution in [1.82, 2.24) is 4.98 Å². The number of thiazole rings is 1. The van der Waals surface area contributed by atoms with E-state index in [1.807, 2.05) is 25.1 Å². The number of ether oxygens (including phenoxy) is 1. The maximum Gasteiger partial charge on any atom is 0.124 e. The minimum absolute atomic E-state index is 0.175. The van der Waals surface area contributed by atoms with E-state index in [1.54, 1.807) is 42.9 Å². The van der Waals surface area contributed by atoms with Crippen LogP contribution in [0.25, 0.3) is 10.2 Å². The number of fused-ring (bicyclic) bond motifs is 1. The normalized spacial score (nSPS) is 11.3. The van der Waals surface area contributed by atoms with E-state index >= 15 is 0 Å². The van der Waals surface area contributed by atoms with Gasteiger partial charge in [0, 0.05) is 11.8 Å². The summed E-state index contributed by atoms with van der Waals surface area (Å²) in [6, 6.07) is 10.9. The largest absolute Gasteiger partial charge is 0.507 e. The molecule has 0 radical (unpaired) electrons. The van der Waals surface area contributed by atoms with E-state index in [0.717, 1.165) is 20.9 Å². The Morgan fingerprint density at radius 3 is 2.90 bits per heavy atom. The topological polar surface area (TPSA) is 54.7 Å². The van der Waals surface area contributed by atoms with Crippen molar-refractivity contribution in [1.29, 1.82) is 0 Å². The molecule has 0 spiro atoms. The zero-order chi connectivity index (χ0) is 14.8. The van der Waals surface area contributed by atoms with Gasteiger partial charge in [-0.3, -0.25) is 4.99 Å². The Morgan fingerprint density at radius 1 is 1.24 bits per heavy atom. The van der Waals surface area contributed by atoms with E-state index in [-0.39, 0.29) is 5.75 Å². The van der Waals surface area contributed by atoms with Crippen LogP contribution in [0.5, 0.6) is 11.5 Å². The Bertz CT molecular complexity index is 824. The summed E-state index contributed by atoms with van der Waals surface area (Å²) in [5.74, 6) is 0.858. The number of aromatic hydroxyl groups is 1. The van der Waals surface area contributed by atoms with Crippen molar-refractivity contribution in [3.63, 3.8) is 0 Å². The van der Waals surface area contributed by atoms with Gasteiger partial charge in [0.2, 0.25) is 0 Å². The number of phenols is 1. The first-order valence-corrected chi connectivity index (χ1v) is 7.25. The van der Waals surface area contributed by atoms with Gasteiger partial charge in [-0.15, -0.1) is 11.3 Å². The van der Waals surface area contributed by atoms with Crippen LogP contribution in [-0.2, 0) is 0 Å². The highest BCUT2D eigenvalue weighted by Gasteiger charge is 2.02. The number of aryl methyl sites for hydroxylation is 1. The third-order valence-corrected chi connectivity index (χ3v) is 4.00. The molecule has 0 atom stereocenters. The van der Waals surface area contributed by atoms with Crippen LogP contribution in [0.4, 0.5) is 5.69 Å². The fourth-order valence-corrected chi connectivity index (χ4v) is 2.88. The van der Waals surface area contributed by atoms with Crippen LogP contribution >= 0.6 is 11.3 Å². The van der Waals surface area contributed by atoms with E-state index in [1.165, 1.54) is 0 Å². The van der Waals surface area contributed by atoms with Crippen molar-refractivity contribution in [3.05, 3.63) is 47.0 Å². The molecule has 0 amide bonds. The van der Waals surface area contributed by atoms with Gasteiger partial charge in [0.05, 0.1) is 28.0 Å². The van der Waals surface area contributed by atoms with Gasteiger partial charge in [0.15, 0.2) is 0 Å². The van der Waals surface area contributed by atoms with Crippen LogP contribution < -0.4 is 4.74 Å². The third-order valence-electron chi connectivity index (χ3n) is 3.07. The second kappa shape index (κ2) is 5.54. The maximum atomic E-state index is 9.83. The highest BCUT2D eigenvalue weighted by molar-refractivity contribution is 7.18. The first kappa shape index (κ1) is 13.6. The molecule has 0 bridgehead atoms. The molecule has 0 aliphatic heterocycles. The summed E-state index contributed by atoms with van der Waals surface area (Å²) >= 11 is 1.64.